The second-order valence-corrected chi connectivity index (χ2v) is 5.57. The highest BCUT2D eigenvalue weighted by molar-refractivity contribution is 5.96. The van der Waals surface area contributed by atoms with Crippen LogP contribution < -0.4 is 0 Å². The normalized spacial score (nSPS) is 18.8. The molecule has 3 rings (SSSR count). The number of likely N-dealkylation sites (tertiary alicyclic amines) is 2. The molecule has 112 valence electrons. The van der Waals surface area contributed by atoms with Crippen molar-refractivity contribution in [1.29, 1.82) is 0 Å². The first kappa shape index (κ1) is 14.0. The van der Waals surface area contributed by atoms with Crippen LogP contribution in [0.4, 0.5) is 8.78 Å². The molecule has 0 atom stereocenters. The highest BCUT2D eigenvalue weighted by Crippen LogP contribution is 2.23. The van der Waals surface area contributed by atoms with Crippen LogP contribution in [0.5, 0.6) is 0 Å². The molecule has 4 nitrogen and oxygen atoms in total. The highest BCUT2D eigenvalue weighted by atomic mass is 19.2. The summed E-state index contributed by atoms with van der Waals surface area (Å²) in [5, 5.41) is 0. The minimum atomic E-state index is -1.04. The summed E-state index contributed by atoms with van der Waals surface area (Å²) in [5.41, 5.74) is 0.112. The summed E-state index contributed by atoms with van der Waals surface area (Å²) in [6.07, 6.45) is 2.08. The quantitative estimate of drug-likeness (QED) is 0.832. The first-order valence-electron chi connectivity index (χ1n) is 7.09. The van der Waals surface area contributed by atoms with Crippen LogP contribution in [-0.2, 0) is 4.79 Å². The largest absolute Gasteiger partial charge is 0.342 e. The van der Waals surface area contributed by atoms with E-state index in [2.05, 4.69) is 0 Å². The number of halogens is 2. The molecule has 1 aromatic carbocycles. The van der Waals surface area contributed by atoms with E-state index in [0.717, 1.165) is 38.1 Å². The van der Waals surface area contributed by atoms with Gasteiger partial charge in [-0.3, -0.25) is 9.59 Å². The van der Waals surface area contributed by atoms with Crippen molar-refractivity contribution in [1.82, 2.24) is 9.80 Å². The lowest BCUT2D eigenvalue weighted by molar-refractivity contribution is -0.138. The molecule has 0 spiro atoms. The van der Waals surface area contributed by atoms with E-state index in [4.69, 9.17) is 0 Å². The number of hydrogen-bond acceptors (Lipinski definition) is 2. The molecule has 2 fully saturated rings. The summed E-state index contributed by atoms with van der Waals surface area (Å²) in [6.45, 7) is 2.30. The van der Waals surface area contributed by atoms with Gasteiger partial charge in [-0.2, -0.15) is 0 Å². The Hall–Kier alpha value is -1.98. The van der Waals surface area contributed by atoms with Crippen LogP contribution in [0, 0.1) is 17.6 Å². The van der Waals surface area contributed by atoms with Gasteiger partial charge >= 0.3 is 0 Å². The summed E-state index contributed by atoms with van der Waals surface area (Å²) in [5.74, 6) is -2.43. The zero-order chi connectivity index (χ0) is 15.0. The Morgan fingerprint density at radius 2 is 1.67 bits per heavy atom. The van der Waals surface area contributed by atoms with Gasteiger partial charge in [-0.25, -0.2) is 8.78 Å². The molecule has 0 N–H and O–H groups in total. The van der Waals surface area contributed by atoms with Crippen molar-refractivity contribution in [2.45, 2.75) is 12.8 Å². The molecular formula is C15H16F2N2O2. The second-order valence-electron chi connectivity index (χ2n) is 5.57. The Morgan fingerprint density at radius 3 is 2.29 bits per heavy atom. The molecule has 0 saturated carbocycles. The van der Waals surface area contributed by atoms with Crippen LogP contribution in [0.3, 0.4) is 0 Å². The lowest BCUT2D eigenvalue weighted by Gasteiger charge is -2.39. The van der Waals surface area contributed by atoms with Gasteiger partial charge in [-0.1, -0.05) is 0 Å². The van der Waals surface area contributed by atoms with Crippen LogP contribution in [0.1, 0.15) is 23.2 Å². The fourth-order valence-corrected chi connectivity index (χ4v) is 2.81. The van der Waals surface area contributed by atoms with Crippen molar-refractivity contribution in [3.05, 3.63) is 35.4 Å². The zero-order valence-corrected chi connectivity index (χ0v) is 11.5. The number of rotatable bonds is 2. The monoisotopic (exact) mass is 294 g/mol. The van der Waals surface area contributed by atoms with Crippen LogP contribution in [0.15, 0.2) is 18.2 Å². The summed E-state index contributed by atoms with van der Waals surface area (Å²) in [4.78, 5) is 27.5. The van der Waals surface area contributed by atoms with Gasteiger partial charge in [0.1, 0.15) is 0 Å². The molecule has 21 heavy (non-hydrogen) atoms. The highest BCUT2D eigenvalue weighted by Gasteiger charge is 2.38. The average Bonchev–Trinajstić information content (AvgIpc) is 2.94. The number of carbonyl (C=O) groups excluding carboxylic acids is 2. The fourth-order valence-electron chi connectivity index (χ4n) is 2.81. The first-order valence-corrected chi connectivity index (χ1v) is 7.09. The third-order valence-electron chi connectivity index (χ3n) is 4.10. The lowest BCUT2D eigenvalue weighted by atomic mass is 9.97. The van der Waals surface area contributed by atoms with Gasteiger partial charge in [-0.05, 0) is 31.0 Å². The van der Waals surface area contributed by atoms with Gasteiger partial charge in [0.05, 0.1) is 5.92 Å². The standard InChI is InChI=1S/C15H16F2N2O2/c16-12-4-3-10(7-13(12)17)14(20)19-8-11(9-19)15(21)18-5-1-2-6-18/h3-4,7,11H,1-2,5-6,8-9H2. The van der Waals surface area contributed by atoms with Gasteiger partial charge in [0.25, 0.3) is 5.91 Å². The average molecular weight is 294 g/mol. The van der Waals surface area contributed by atoms with E-state index >= 15 is 0 Å². The Labute approximate surface area is 121 Å². The molecule has 0 bridgehead atoms. The minimum absolute atomic E-state index is 0.0989. The lowest BCUT2D eigenvalue weighted by Crippen LogP contribution is -2.56. The van der Waals surface area contributed by atoms with Crippen LogP contribution >= 0.6 is 0 Å². The molecule has 2 aliphatic rings. The molecule has 2 amide bonds. The fraction of sp³-hybridized carbons (Fsp3) is 0.467. The van der Waals surface area contributed by atoms with E-state index in [1.54, 1.807) is 0 Å². The van der Waals surface area contributed by atoms with Gasteiger partial charge in [0.15, 0.2) is 11.6 Å². The zero-order valence-electron chi connectivity index (χ0n) is 11.5. The number of nitrogens with zero attached hydrogens (tertiary/aromatic N) is 2. The first-order chi connectivity index (χ1) is 10.1. The maximum Gasteiger partial charge on any atom is 0.254 e. The Bertz CT molecular complexity index is 579. The number of carbonyl (C=O) groups is 2. The maximum absolute atomic E-state index is 13.1. The number of amides is 2. The van der Waals surface area contributed by atoms with Crippen molar-refractivity contribution in [2.75, 3.05) is 26.2 Å². The molecule has 0 aromatic heterocycles. The summed E-state index contributed by atoms with van der Waals surface area (Å²) >= 11 is 0. The van der Waals surface area contributed by atoms with Crippen LogP contribution in [0.2, 0.25) is 0 Å². The number of hydrogen-bond donors (Lipinski definition) is 0. The van der Waals surface area contributed by atoms with Crippen molar-refractivity contribution in [2.24, 2.45) is 5.92 Å². The third-order valence-corrected chi connectivity index (χ3v) is 4.10. The molecule has 2 saturated heterocycles. The third kappa shape index (κ3) is 2.62. The molecule has 2 heterocycles. The molecule has 0 aliphatic carbocycles. The summed E-state index contributed by atoms with van der Waals surface area (Å²) < 4.78 is 26.0. The van der Waals surface area contributed by atoms with Crippen molar-refractivity contribution < 1.29 is 18.4 Å². The van der Waals surface area contributed by atoms with Gasteiger partial charge in [-0.15, -0.1) is 0 Å². The van der Waals surface area contributed by atoms with E-state index in [0.29, 0.717) is 13.1 Å². The van der Waals surface area contributed by atoms with Crippen molar-refractivity contribution >= 4 is 11.8 Å². The Morgan fingerprint density at radius 1 is 1.00 bits per heavy atom. The predicted octanol–water partition coefficient (Wildman–Crippen LogP) is 1.66. The topological polar surface area (TPSA) is 40.6 Å². The van der Waals surface area contributed by atoms with E-state index in [-0.39, 0.29) is 23.3 Å². The Balaban J connectivity index is 1.59. The van der Waals surface area contributed by atoms with Crippen molar-refractivity contribution in [3.63, 3.8) is 0 Å². The van der Waals surface area contributed by atoms with E-state index in [9.17, 15) is 18.4 Å². The summed E-state index contributed by atoms with van der Waals surface area (Å²) in [6, 6.07) is 3.10. The molecule has 6 heteroatoms. The van der Waals surface area contributed by atoms with Crippen molar-refractivity contribution in [3.8, 4) is 0 Å². The smallest absolute Gasteiger partial charge is 0.254 e. The number of benzene rings is 1. The SMILES string of the molecule is O=C(c1ccc(F)c(F)c1)N1CC(C(=O)N2CCCC2)C1. The van der Waals surface area contributed by atoms with Crippen LogP contribution in [0.25, 0.3) is 0 Å². The predicted molar refractivity (Wildman–Crippen MR) is 71.6 cm³/mol. The van der Waals surface area contributed by atoms with Crippen LogP contribution in [-0.4, -0.2) is 47.8 Å². The van der Waals surface area contributed by atoms with E-state index in [1.165, 1.54) is 11.0 Å². The van der Waals surface area contributed by atoms with Gasteiger partial charge in [0.2, 0.25) is 5.91 Å². The summed E-state index contributed by atoms with van der Waals surface area (Å²) in [7, 11) is 0. The molecule has 2 aliphatic heterocycles. The maximum atomic E-state index is 13.1. The molecule has 0 radical (unpaired) electrons. The van der Waals surface area contributed by atoms with E-state index in [1.807, 2.05) is 4.90 Å². The van der Waals surface area contributed by atoms with Gasteiger partial charge < -0.3 is 9.80 Å². The molecule has 0 unspecified atom stereocenters. The molecule has 1 aromatic rings. The van der Waals surface area contributed by atoms with Gasteiger partial charge in [0, 0.05) is 31.7 Å². The molecular weight excluding hydrogens is 278 g/mol. The minimum Gasteiger partial charge on any atom is -0.342 e. The second kappa shape index (κ2) is 5.42. The Kier molecular flexibility index (Phi) is 3.61. The van der Waals surface area contributed by atoms with E-state index < -0.39 is 11.6 Å².